The normalized spacial score (nSPS) is 17.7. The molecule has 24 heavy (non-hydrogen) atoms. The molecule has 0 spiro atoms. The zero-order chi connectivity index (χ0) is 16.9. The van der Waals surface area contributed by atoms with E-state index in [1.54, 1.807) is 11.2 Å². The first-order valence-corrected chi connectivity index (χ1v) is 8.79. The van der Waals surface area contributed by atoms with Gasteiger partial charge in [0.25, 0.3) is 0 Å². The van der Waals surface area contributed by atoms with Gasteiger partial charge in [0, 0.05) is 18.8 Å². The summed E-state index contributed by atoms with van der Waals surface area (Å²) in [5.41, 5.74) is 6.31. The number of para-hydroxylation sites is 1. The number of hydrogen-bond donors (Lipinski definition) is 1. The van der Waals surface area contributed by atoms with Crippen LogP contribution in [0.3, 0.4) is 0 Å². The lowest BCUT2D eigenvalue weighted by molar-refractivity contribution is -0.132. The van der Waals surface area contributed by atoms with Gasteiger partial charge in [-0.2, -0.15) is 0 Å². The van der Waals surface area contributed by atoms with Crippen LogP contribution in [0.25, 0.3) is 5.69 Å². The number of piperidine rings is 1. The number of likely N-dealkylation sites (tertiary alicyclic amines) is 1. The maximum absolute atomic E-state index is 12.4. The Morgan fingerprint density at radius 2 is 2.08 bits per heavy atom. The predicted molar refractivity (Wildman–Crippen MR) is 90.6 cm³/mol. The van der Waals surface area contributed by atoms with Crippen molar-refractivity contribution in [3.05, 3.63) is 36.7 Å². The smallest absolute Gasteiger partial charge is 0.233 e. The van der Waals surface area contributed by atoms with Crippen molar-refractivity contribution in [2.24, 2.45) is 11.7 Å². The third kappa shape index (κ3) is 3.76. The fraction of sp³-hybridized carbons (Fsp3) is 0.375. The number of rotatable bonds is 5. The predicted octanol–water partition coefficient (Wildman–Crippen LogP) is 1.08. The number of carbonyl (C=O) groups is 2. The van der Waals surface area contributed by atoms with Crippen molar-refractivity contribution in [2.45, 2.75) is 18.0 Å². The number of thioether (sulfide) groups is 1. The van der Waals surface area contributed by atoms with Gasteiger partial charge in [-0.25, -0.2) is 0 Å². The second-order valence-electron chi connectivity index (χ2n) is 5.69. The van der Waals surface area contributed by atoms with Gasteiger partial charge >= 0.3 is 0 Å². The van der Waals surface area contributed by atoms with Crippen LogP contribution in [-0.4, -0.2) is 50.3 Å². The van der Waals surface area contributed by atoms with Gasteiger partial charge in [0.2, 0.25) is 11.8 Å². The molecule has 0 radical (unpaired) electrons. The van der Waals surface area contributed by atoms with Crippen LogP contribution in [0.5, 0.6) is 0 Å². The minimum absolute atomic E-state index is 0.00596. The lowest BCUT2D eigenvalue weighted by Crippen LogP contribution is -2.44. The molecular weight excluding hydrogens is 326 g/mol. The van der Waals surface area contributed by atoms with E-state index in [1.807, 2.05) is 34.9 Å². The molecule has 1 atom stereocenters. The Balaban J connectivity index is 1.61. The standard InChI is InChI=1S/C16H19N5O2S/c17-15(23)12-5-4-8-20(9-12)14(22)10-24-16-19-18-11-21(16)13-6-2-1-3-7-13/h1-3,6-7,11-12H,4-5,8-10H2,(H2,17,23)/t12-/m0/s1. The molecule has 3 rings (SSSR count). The monoisotopic (exact) mass is 345 g/mol. The molecule has 1 aliphatic heterocycles. The van der Waals surface area contributed by atoms with Crippen molar-refractivity contribution in [2.75, 3.05) is 18.8 Å². The number of nitrogens with two attached hydrogens (primary N) is 1. The van der Waals surface area contributed by atoms with E-state index in [9.17, 15) is 9.59 Å². The van der Waals surface area contributed by atoms with E-state index in [0.717, 1.165) is 18.5 Å². The zero-order valence-corrected chi connectivity index (χ0v) is 14.0. The molecule has 0 aliphatic carbocycles. The van der Waals surface area contributed by atoms with Gasteiger partial charge in [-0.05, 0) is 25.0 Å². The van der Waals surface area contributed by atoms with Gasteiger partial charge < -0.3 is 10.6 Å². The minimum atomic E-state index is -0.330. The fourth-order valence-corrected chi connectivity index (χ4v) is 3.57. The highest BCUT2D eigenvalue weighted by Crippen LogP contribution is 2.21. The largest absolute Gasteiger partial charge is 0.369 e. The van der Waals surface area contributed by atoms with Crippen molar-refractivity contribution in [3.8, 4) is 5.69 Å². The molecule has 126 valence electrons. The Kier molecular flexibility index (Phi) is 5.14. The van der Waals surface area contributed by atoms with Crippen LogP contribution in [0.1, 0.15) is 12.8 Å². The van der Waals surface area contributed by atoms with Crippen molar-refractivity contribution in [1.29, 1.82) is 0 Å². The van der Waals surface area contributed by atoms with Crippen molar-refractivity contribution in [1.82, 2.24) is 19.7 Å². The highest BCUT2D eigenvalue weighted by Gasteiger charge is 2.27. The molecule has 8 heteroatoms. The number of benzene rings is 1. The second-order valence-corrected chi connectivity index (χ2v) is 6.63. The fourth-order valence-electron chi connectivity index (χ4n) is 2.74. The van der Waals surface area contributed by atoms with Crippen molar-refractivity contribution < 1.29 is 9.59 Å². The summed E-state index contributed by atoms with van der Waals surface area (Å²) in [4.78, 5) is 25.4. The Morgan fingerprint density at radius 1 is 1.29 bits per heavy atom. The maximum Gasteiger partial charge on any atom is 0.233 e. The molecule has 2 aromatic rings. The van der Waals surface area contributed by atoms with E-state index in [-0.39, 0.29) is 23.5 Å². The summed E-state index contributed by atoms with van der Waals surface area (Å²) in [5, 5.41) is 8.68. The van der Waals surface area contributed by atoms with E-state index in [0.29, 0.717) is 18.2 Å². The maximum atomic E-state index is 12.4. The molecule has 1 aromatic carbocycles. The Hall–Kier alpha value is -2.35. The Labute approximate surface area is 144 Å². The third-order valence-electron chi connectivity index (χ3n) is 4.05. The number of nitrogens with zero attached hydrogens (tertiary/aromatic N) is 4. The summed E-state index contributed by atoms with van der Waals surface area (Å²) in [5.74, 6) is -0.310. The van der Waals surface area contributed by atoms with Gasteiger partial charge in [-0.15, -0.1) is 10.2 Å². The minimum Gasteiger partial charge on any atom is -0.369 e. The molecule has 0 saturated carbocycles. The molecule has 0 unspecified atom stereocenters. The number of hydrogen-bond acceptors (Lipinski definition) is 5. The summed E-state index contributed by atoms with van der Waals surface area (Å²) in [6.07, 6.45) is 3.20. The molecule has 1 aromatic heterocycles. The van der Waals surface area contributed by atoms with Crippen LogP contribution in [0.15, 0.2) is 41.8 Å². The first kappa shape index (κ1) is 16.5. The summed E-state index contributed by atoms with van der Waals surface area (Å²) in [6.45, 7) is 1.09. The van der Waals surface area contributed by atoms with Crippen molar-refractivity contribution in [3.63, 3.8) is 0 Å². The number of carbonyl (C=O) groups excluding carboxylic acids is 2. The molecular formula is C16H19N5O2S. The van der Waals surface area contributed by atoms with Crippen LogP contribution in [-0.2, 0) is 9.59 Å². The molecule has 7 nitrogen and oxygen atoms in total. The second kappa shape index (κ2) is 7.48. The van der Waals surface area contributed by atoms with Crippen LogP contribution in [0, 0.1) is 5.92 Å². The van der Waals surface area contributed by atoms with Crippen LogP contribution < -0.4 is 5.73 Å². The van der Waals surface area contributed by atoms with E-state index < -0.39 is 0 Å². The van der Waals surface area contributed by atoms with E-state index in [1.165, 1.54) is 11.8 Å². The van der Waals surface area contributed by atoms with Gasteiger partial charge in [0.15, 0.2) is 5.16 Å². The SMILES string of the molecule is NC(=O)[C@H]1CCCN(C(=O)CSc2nncn2-c2ccccc2)C1. The Morgan fingerprint density at radius 3 is 2.83 bits per heavy atom. The van der Waals surface area contributed by atoms with Crippen molar-refractivity contribution >= 4 is 23.6 Å². The molecule has 2 amide bonds. The van der Waals surface area contributed by atoms with Crippen LogP contribution >= 0.6 is 11.8 Å². The highest BCUT2D eigenvalue weighted by molar-refractivity contribution is 7.99. The lowest BCUT2D eigenvalue weighted by Gasteiger charge is -2.31. The lowest BCUT2D eigenvalue weighted by atomic mass is 9.97. The average molecular weight is 345 g/mol. The van der Waals surface area contributed by atoms with E-state index in [4.69, 9.17) is 5.73 Å². The first-order chi connectivity index (χ1) is 11.6. The van der Waals surface area contributed by atoms with Gasteiger partial charge in [-0.1, -0.05) is 30.0 Å². The van der Waals surface area contributed by atoms with Crippen LogP contribution in [0.2, 0.25) is 0 Å². The number of primary amides is 1. The molecule has 2 N–H and O–H groups in total. The van der Waals surface area contributed by atoms with Gasteiger partial charge in [0.1, 0.15) is 6.33 Å². The molecule has 1 aliphatic rings. The highest BCUT2D eigenvalue weighted by atomic mass is 32.2. The zero-order valence-electron chi connectivity index (χ0n) is 13.2. The molecule has 1 fully saturated rings. The number of aromatic nitrogens is 3. The van der Waals surface area contributed by atoms with E-state index in [2.05, 4.69) is 10.2 Å². The summed E-state index contributed by atoms with van der Waals surface area (Å²) in [7, 11) is 0. The molecule has 0 bridgehead atoms. The summed E-state index contributed by atoms with van der Waals surface area (Å²) in [6, 6.07) is 9.73. The van der Waals surface area contributed by atoms with Gasteiger partial charge in [-0.3, -0.25) is 14.2 Å². The molecule has 1 saturated heterocycles. The van der Waals surface area contributed by atoms with Crippen LogP contribution in [0.4, 0.5) is 0 Å². The quantitative estimate of drug-likeness (QED) is 0.819. The number of amides is 2. The molecule has 2 heterocycles. The topological polar surface area (TPSA) is 94.1 Å². The summed E-state index contributed by atoms with van der Waals surface area (Å²) >= 11 is 1.34. The van der Waals surface area contributed by atoms with Gasteiger partial charge in [0.05, 0.1) is 11.7 Å². The third-order valence-corrected chi connectivity index (χ3v) is 4.98. The van der Waals surface area contributed by atoms with E-state index >= 15 is 0 Å². The summed E-state index contributed by atoms with van der Waals surface area (Å²) < 4.78 is 1.85. The Bertz CT molecular complexity index is 718. The average Bonchev–Trinajstić information content (AvgIpc) is 3.09. The first-order valence-electron chi connectivity index (χ1n) is 7.80.